The maximum atomic E-state index is 12.6. The molecule has 0 unspecified atom stereocenters. The number of rotatable bonds is 7. The molecule has 2 N–H and O–H groups in total. The number of hydrogen-bond acceptors (Lipinski definition) is 6. The van der Waals surface area contributed by atoms with Crippen LogP contribution in [0.5, 0.6) is 0 Å². The van der Waals surface area contributed by atoms with E-state index in [-0.39, 0.29) is 17.4 Å². The number of carbonyl (C=O) groups excluding carboxylic acids is 2. The minimum absolute atomic E-state index is 0.0157. The SMILES string of the molecule is COCCN1C[C@]2(CCCN(C(=O)NCCCc3nn[nH]n3)C2)CCC1=O. The molecular formula is C17H29N7O3. The molecule has 27 heavy (non-hydrogen) atoms. The molecule has 0 bridgehead atoms. The fourth-order valence-corrected chi connectivity index (χ4v) is 4.06. The Morgan fingerprint density at radius 1 is 1.37 bits per heavy atom. The van der Waals surface area contributed by atoms with Crippen LogP contribution in [0.15, 0.2) is 0 Å². The first-order chi connectivity index (χ1) is 13.1. The van der Waals surface area contributed by atoms with Gasteiger partial charge in [-0.05, 0) is 25.7 Å². The summed E-state index contributed by atoms with van der Waals surface area (Å²) in [7, 11) is 1.65. The van der Waals surface area contributed by atoms with Crippen LogP contribution in [0.25, 0.3) is 0 Å². The average molecular weight is 379 g/mol. The Hall–Kier alpha value is -2.23. The summed E-state index contributed by atoms with van der Waals surface area (Å²) in [5.74, 6) is 0.852. The van der Waals surface area contributed by atoms with Gasteiger partial charge in [0.05, 0.1) is 6.61 Å². The van der Waals surface area contributed by atoms with Crippen LogP contribution in [0.4, 0.5) is 4.79 Å². The molecule has 2 aliphatic rings. The number of carbonyl (C=O) groups is 2. The van der Waals surface area contributed by atoms with E-state index in [4.69, 9.17) is 4.74 Å². The Balaban J connectivity index is 1.47. The molecule has 0 saturated carbocycles. The van der Waals surface area contributed by atoms with Gasteiger partial charge in [-0.1, -0.05) is 5.21 Å². The van der Waals surface area contributed by atoms with E-state index in [1.54, 1.807) is 7.11 Å². The summed E-state index contributed by atoms with van der Waals surface area (Å²) in [6.45, 7) is 3.95. The molecular weight excluding hydrogens is 350 g/mol. The molecule has 0 radical (unpaired) electrons. The van der Waals surface area contributed by atoms with E-state index >= 15 is 0 Å². The Kier molecular flexibility index (Phi) is 6.59. The van der Waals surface area contributed by atoms with Crippen molar-refractivity contribution in [2.45, 2.75) is 38.5 Å². The van der Waals surface area contributed by atoms with Crippen LogP contribution < -0.4 is 5.32 Å². The van der Waals surface area contributed by atoms with Gasteiger partial charge in [-0.2, -0.15) is 5.21 Å². The van der Waals surface area contributed by atoms with Crippen molar-refractivity contribution in [1.29, 1.82) is 0 Å². The van der Waals surface area contributed by atoms with Crippen molar-refractivity contribution in [1.82, 2.24) is 35.7 Å². The number of ether oxygens (including phenoxy) is 1. The lowest BCUT2D eigenvalue weighted by atomic mass is 9.73. The standard InChI is InChI=1S/C17H29N7O3/c1-27-11-10-23-12-17(7-5-15(23)25)6-3-9-24(13-17)16(26)18-8-2-4-14-19-21-22-20-14/h2-13H2,1H3,(H,18,26)(H,19,20,21,22)/t17-/m0/s1. The van der Waals surface area contributed by atoms with E-state index in [1.807, 2.05) is 9.80 Å². The second-order valence-electron chi connectivity index (χ2n) is 7.50. The van der Waals surface area contributed by atoms with Crippen molar-refractivity contribution < 1.29 is 14.3 Å². The van der Waals surface area contributed by atoms with Gasteiger partial charge in [-0.3, -0.25) is 4.79 Å². The molecule has 10 heteroatoms. The first kappa shape index (κ1) is 19.5. The zero-order chi connectivity index (χ0) is 19.1. The monoisotopic (exact) mass is 379 g/mol. The summed E-state index contributed by atoms with van der Waals surface area (Å²) in [4.78, 5) is 28.5. The third kappa shape index (κ3) is 5.15. The fourth-order valence-electron chi connectivity index (χ4n) is 4.06. The second kappa shape index (κ2) is 9.12. The first-order valence-corrected chi connectivity index (χ1v) is 9.64. The molecule has 0 aromatic carbocycles. The van der Waals surface area contributed by atoms with Gasteiger partial charge < -0.3 is 19.9 Å². The second-order valence-corrected chi connectivity index (χ2v) is 7.50. The minimum Gasteiger partial charge on any atom is -0.383 e. The zero-order valence-corrected chi connectivity index (χ0v) is 15.9. The highest BCUT2D eigenvalue weighted by molar-refractivity contribution is 5.77. The summed E-state index contributed by atoms with van der Waals surface area (Å²) in [5.41, 5.74) is 0.0157. The van der Waals surface area contributed by atoms with Crippen molar-refractivity contribution in [3.8, 4) is 0 Å². The average Bonchev–Trinajstić information content (AvgIpc) is 3.20. The van der Waals surface area contributed by atoms with Crippen molar-refractivity contribution in [3.05, 3.63) is 5.82 Å². The number of aryl methyl sites for hydroxylation is 1. The van der Waals surface area contributed by atoms with Crippen LogP contribution in [-0.2, 0) is 16.0 Å². The molecule has 150 valence electrons. The van der Waals surface area contributed by atoms with Crippen LogP contribution >= 0.6 is 0 Å². The Labute approximate surface area is 159 Å². The summed E-state index contributed by atoms with van der Waals surface area (Å²) < 4.78 is 5.13. The number of urea groups is 1. The summed E-state index contributed by atoms with van der Waals surface area (Å²) >= 11 is 0. The topological polar surface area (TPSA) is 116 Å². The number of H-pyrrole nitrogens is 1. The molecule has 2 aliphatic heterocycles. The van der Waals surface area contributed by atoms with Gasteiger partial charge in [0, 0.05) is 58.1 Å². The highest BCUT2D eigenvalue weighted by Gasteiger charge is 2.42. The van der Waals surface area contributed by atoms with Crippen LogP contribution in [0.2, 0.25) is 0 Å². The van der Waals surface area contributed by atoms with Crippen molar-refractivity contribution in [2.24, 2.45) is 5.41 Å². The number of amides is 3. The molecule has 3 rings (SSSR count). The zero-order valence-electron chi connectivity index (χ0n) is 15.9. The molecule has 1 aromatic rings. The van der Waals surface area contributed by atoms with Gasteiger partial charge in [-0.25, -0.2) is 4.79 Å². The van der Waals surface area contributed by atoms with E-state index in [9.17, 15) is 9.59 Å². The lowest BCUT2D eigenvalue weighted by Gasteiger charge is -2.48. The predicted molar refractivity (Wildman–Crippen MR) is 96.8 cm³/mol. The van der Waals surface area contributed by atoms with E-state index in [2.05, 4.69) is 25.9 Å². The van der Waals surface area contributed by atoms with Gasteiger partial charge in [0.2, 0.25) is 5.91 Å². The molecule has 1 aromatic heterocycles. The Bertz CT molecular complexity index is 624. The number of nitrogens with zero attached hydrogens (tertiary/aromatic N) is 5. The smallest absolute Gasteiger partial charge is 0.317 e. The van der Waals surface area contributed by atoms with Crippen molar-refractivity contribution in [3.63, 3.8) is 0 Å². The molecule has 0 aliphatic carbocycles. The third-order valence-electron chi connectivity index (χ3n) is 5.50. The number of tetrazole rings is 1. The fraction of sp³-hybridized carbons (Fsp3) is 0.824. The number of methoxy groups -OCH3 is 1. The molecule has 2 saturated heterocycles. The van der Waals surface area contributed by atoms with Crippen LogP contribution in [0.3, 0.4) is 0 Å². The lowest BCUT2D eigenvalue weighted by Crippen LogP contribution is -2.56. The van der Waals surface area contributed by atoms with Crippen LogP contribution in [0.1, 0.15) is 37.9 Å². The predicted octanol–water partition coefficient (Wildman–Crippen LogP) is 0.193. The number of aromatic amines is 1. The molecule has 2 fully saturated rings. The maximum Gasteiger partial charge on any atom is 0.317 e. The summed E-state index contributed by atoms with van der Waals surface area (Å²) in [5, 5.41) is 16.7. The van der Waals surface area contributed by atoms with E-state index < -0.39 is 0 Å². The Morgan fingerprint density at radius 3 is 3.04 bits per heavy atom. The van der Waals surface area contributed by atoms with E-state index in [1.165, 1.54) is 0 Å². The third-order valence-corrected chi connectivity index (χ3v) is 5.50. The van der Waals surface area contributed by atoms with Crippen LogP contribution in [0, 0.1) is 5.41 Å². The van der Waals surface area contributed by atoms with Crippen LogP contribution in [-0.4, -0.2) is 88.8 Å². The molecule has 1 spiro atoms. The molecule has 3 amide bonds. The van der Waals surface area contributed by atoms with Gasteiger partial charge in [-0.15, -0.1) is 10.2 Å². The first-order valence-electron chi connectivity index (χ1n) is 9.64. The van der Waals surface area contributed by atoms with Gasteiger partial charge in [0.1, 0.15) is 0 Å². The molecule has 1 atom stereocenters. The quantitative estimate of drug-likeness (QED) is 0.654. The van der Waals surface area contributed by atoms with Gasteiger partial charge in [0.15, 0.2) is 5.82 Å². The van der Waals surface area contributed by atoms with Gasteiger partial charge >= 0.3 is 6.03 Å². The number of nitrogens with one attached hydrogen (secondary N) is 2. The number of piperidine rings is 2. The maximum absolute atomic E-state index is 12.6. The minimum atomic E-state index is -0.0254. The van der Waals surface area contributed by atoms with Gasteiger partial charge in [0.25, 0.3) is 0 Å². The van der Waals surface area contributed by atoms with Crippen molar-refractivity contribution in [2.75, 3.05) is 46.4 Å². The summed E-state index contributed by atoms with van der Waals surface area (Å²) in [6.07, 6.45) is 4.90. The molecule has 3 heterocycles. The normalized spacial score (nSPS) is 23.1. The van der Waals surface area contributed by atoms with E-state index in [0.29, 0.717) is 44.9 Å². The molecule has 10 nitrogen and oxygen atoms in total. The lowest BCUT2D eigenvalue weighted by molar-refractivity contribution is -0.139. The number of aromatic nitrogens is 4. The number of likely N-dealkylation sites (tertiary alicyclic amines) is 2. The highest BCUT2D eigenvalue weighted by Crippen LogP contribution is 2.38. The number of hydrogen-bond donors (Lipinski definition) is 2. The van der Waals surface area contributed by atoms with Crippen molar-refractivity contribution >= 4 is 11.9 Å². The summed E-state index contributed by atoms with van der Waals surface area (Å²) in [6, 6.07) is -0.0254. The highest BCUT2D eigenvalue weighted by atomic mass is 16.5. The largest absolute Gasteiger partial charge is 0.383 e. The van der Waals surface area contributed by atoms with E-state index in [0.717, 1.165) is 38.8 Å². The Morgan fingerprint density at radius 2 is 2.26 bits per heavy atom.